The molecule has 1 fully saturated rings. The summed E-state index contributed by atoms with van der Waals surface area (Å²) >= 11 is 6.08. The van der Waals surface area contributed by atoms with Crippen LogP contribution in [0.4, 0.5) is 5.69 Å². The molecule has 0 saturated heterocycles. The van der Waals surface area contributed by atoms with Gasteiger partial charge >= 0.3 is 0 Å². The minimum absolute atomic E-state index is 0.0104. The van der Waals surface area contributed by atoms with Gasteiger partial charge in [0, 0.05) is 24.0 Å². The standard InChI is InChI=1S/C38H42ClN3O4S/c1-28-13-17-31(18-14-28)26-41(36(25-30-9-5-3-6-10-30)38(44)40-33-11-7-4-8-12-33)37(43)27-42(34-21-15-29(2)16-22-34)47(45,46)35-23-19-32(39)20-24-35/h3,5-6,9-10,13-24,33,36H,4,7-8,11-12,25-27H2,1-2H3,(H,40,44). The van der Waals surface area contributed by atoms with Gasteiger partial charge in [-0.2, -0.15) is 0 Å². The molecule has 0 bridgehead atoms. The highest BCUT2D eigenvalue weighted by Crippen LogP contribution is 2.27. The number of amides is 2. The summed E-state index contributed by atoms with van der Waals surface area (Å²) in [6.07, 6.45) is 5.33. The van der Waals surface area contributed by atoms with Gasteiger partial charge in [0.05, 0.1) is 10.6 Å². The van der Waals surface area contributed by atoms with E-state index in [9.17, 15) is 18.0 Å². The average molecular weight is 672 g/mol. The van der Waals surface area contributed by atoms with E-state index in [1.54, 1.807) is 17.0 Å². The number of aryl methyl sites for hydroxylation is 2. The van der Waals surface area contributed by atoms with E-state index in [2.05, 4.69) is 5.32 Å². The predicted octanol–water partition coefficient (Wildman–Crippen LogP) is 7.24. The largest absolute Gasteiger partial charge is 0.352 e. The van der Waals surface area contributed by atoms with E-state index in [1.165, 1.54) is 24.3 Å². The van der Waals surface area contributed by atoms with Crippen molar-refractivity contribution in [1.29, 1.82) is 0 Å². The highest BCUT2D eigenvalue weighted by Gasteiger charge is 2.35. The number of hydrogen-bond acceptors (Lipinski definition) is 4. The number of halogens is 1. The normalized spacial score (nSPS) is 14.3. The first kappa shape index (κ1) is 34.2. The van der Waals surface area contributed by atoms with Gasteiger partial charge in [0.25, 0.3) is 10.0 Å². The fourth-order valence-electron chi connectivity index (χ4n) is 5.96. The third kappa shape index (κ3) is 9.02. The molecule has 2 amide bonds. The summed E-state index contributed by atoms with van der Waals surface area (Å²) in [6, 6.07) is 29.5. The van der Waals surface area contributed by atoms with Crippen LogP contribution in [-0.4, -0.2) is 43.8 Å². The highest BCUT2D eigenvalue weighted by molar-refractivity contribution is 7.92. The number of rotatable bonds is 12. The number of nitrogens with zero attached hydrogens (tertiary/aromatic N) is 2. The Hall–Kier alpha value is -4.14. The van der Waals surface area contributed by atoms with Crippen LogP contribution in [0.5, 0.6) is 0 Å². The molecule has 0 aliphatic heterocycles. The Balaban J connectivity index is 1.55. The molecule has 1 aliphatic rings. The van der Waals surface area contributed by atoms with E-state index in [0.29, 0.717) is 10.7 Å². The van der Waals surface area contributed by atoms with Crippen molar-refractivity contribution in [2.75, 3.05) is 10.8 Å². The summed E-state index contributed by atoms with van der Waals surface area (Å²) in [4.78, 5) is 30.4. The summed E-state index contributed by atoms with van der Waals surface area (Å²) in [5.74, 6) is -0.716. The second kappa shape index (κ2) is 15.6. The number of anilines is 1. The zero-order chi connectivity index (χ0) is 33.4. The quantitative estimate of drug-likeness (QED) is 0.172. The lowest BCUT2D eigenvalue weighted by molar-refractivity contribution is -0.140. The Morgan fingerprint density at radius 3 is 2.00 bits per heavy atom. The molecule has 4 aromatic rings. The van der Waals surface area contributed by atoms with Gasteiger partial charge in [-0.25, -0.2) is 8.42 Å². The number of sulfonamides is 1. The van der Waals surface area contributed by atoms with Crippen LogP contribution in [0.1, 0.15) is 54.4 Å². The van der Waals surface area contributed by atoms with Crippen LogP contribution in [0.15, 0.2) is 108 Å². The maximum absolute atomic E-state index is 14.6. The average Bonchev–Trinajstić information content (AvgIpc) is 3.07. The first-order valence-electron chi connectivity index (χ1n) is 16.1. The third-order valence-electron chi connectivity index (χ3n) is 8.70. The Labute approximate surface area is 283 Å². The van der Waals surface area contributed by atoms with Crippen molar-refractivity contribution < 1.29 is 18.0 Å². The summed E-state index contributed by atoms with van der Waals surface area (Å²) < 4.78 is 29.5. The number of carbonyl (C=O) groups excluding carboxylic acids is 2. The maximum atomic E-state index is 14.6. The molecule has 0 spiro atoms. The molecule has 1 saturated carbocycles. The lowest BCUT2D eigenvalue weighted by Gasteiger charge is -2.35. The molecule has 5 rings (SSSR count). The third-order valence-corrected chi connectivity index (χ3v) is 10.7. The highest BCUT2D eigenvalue weighted by atomic mass is 35.5. The van der Waals surface area contributed by atoms with Crippen molar-refractivity contribution in [2.24, 2.45) is 0 Å². The SMILES string of the molecule is Cc1ccc(CN(C(=O)CN(c2ccc(C)cc2)S(=O)(=O)c2ccc(Cl)cc2)C(Cc2ccccc2)C(=O)NC2CCCCC2)cc1. The number of hydrogen-bond donors (Lipinski definition) is 1. The van der Waals surface area contributed by atoms with Crippen LogP contribution >= 0.6 is 11.6 Å². The molecule has 1 aliphatic carbocycles. The lowest BCUT2D eigenvalue weighted by atomic mass is 9.94. The molecule has 4 aromatic carbocycles. The molecule has 1 atom stereocenters. The van der Waals surface area contributed by atoms with Crippen molar-refractivity contribution in [3.8, 4) is 0 Å². The summed E-state index contributed by atoms with van der Waals surface area (Å²) in [7, 11) is -4.19. The van der Waals surface area contributed by atoms with Gasteiger partial charge in [-0.1, -0.05) is 109 Å². The second-order valence-electron chi connectivity index (χ2n) is 12.4. The van der Waals surface area contributed by atoms with Gasteiger partial charge in [0.1, 0.15) is 12.6 Å². The van der Waals surface area contributed by atoms with Crippen LogP contribution in [0, 0.1) is 13.8 Å². The van der Waals surface area contributed by atoms with Crippen molar-refractivity contribution in [3.63, 3.8) is 0 Å². The molecule has 0 radical (unpaired) electrons. The fourth-order valence-corrected chi connectivity index (χ4v) is 7.50. The van der Waals surface area contributed by atoms with Crippen LogP contribution in [0.25, 0.3) is 0 Å². The molecule has 1 N–H and O–H groups in total. The zero-order valence-electron chi connectivity index (χ0n) is 26.9. The first-order valence-corrected chi connectivity index (χ1v) is 18.0. The Kier molecular flexibility index (Phi) is 11.4. The van der Waals surface area contributed by atoms with Crippen LogP contribution in [0.3, 0.4) is 0 Å². The molecule has 47 heavy (non-hydrogen) atoms. The van der Waals surface area contributed by atoms with Gasteiger partial charge in [-0.3, -0.25) is 13.9 Å². The van der Waals surface area contributed by atoms with E-state index in [4.69, 9.17) is 11.6 Å². The van der Waals surface area contributed by atoms with E-state index in [1.807, 2.05) is 80.6 Å². The number of carbonyl (C=O) groups is 2. The van der Waals surface area contributed by atoms with Gasteiger partial charge in [0.2, 0.25) is 11.8 Å². The van der Waals surface area contributed by atoms with Gasteiger partial charge in [-0.15, -0.1) is 0 Å². The molecule has 7 nitrogen and oxygen atoms in total. The Morgan fingerprint density at radius 2 is 1.38 bits per heavy atom. The molecule has 9 heteroatoms. The predicted molar refractivity (Wildman–Crippen MR) is 188 cm³/mol. The van der Waals surface area contributed by atoms with Crippen molar-refractivity contribution >= 4 is 39.1 Å². The Morgan fingerprint density at radius 1 is 0.787 bits per heavy atom. The summed E-state index contributed by atoms with van der Waals surface area (Å²) in [5.41, 5.74) is 4.12. The molecule has 0 aromatic heterocycles. The molecule has 0 heterocycles. The van der Waals surface area contributed by atoms with Crippen molar-refractivity contribution in [3.05, 3.63) is 130 Å². The molecule has 1 unspecified atom stereocenters. The van der Waals surface area contributed by atoms with Crippen molar-refractivity contribution in [2.45, 2.75) is 75.9 Å². The van der Waals surface area contributed by atoms with Crippen LogP contribution in [0.2, 0.25) is 5.02 Å². The minimum atomic E-state index is -4.19. The van der Waals surface area contributed by atoms with Crippen LogP contribution in [-0.2, 0) is 32.6 Å². The fraction of sp³-hybridized carbons (Fsp3) is 0.316. The van der Waals surface area contributed by atoms with Gasteiger partial charge in [0.15, 0.2) is 0 Å². The molecular weight excluding hydrogens is 630 g/mol. The molecular formula is C38H42ClN3O4S. The zero-order valence-corrected chi connectivity index (χ0v) is 28.5. The summed E-state index contributed by atoms with van der Waals surface area (Å²) in [5, 5.41) is 3.65. The summed E-state index contributed by atoms with van der Waals surface area (Å²) in [6.45, 7) is 3.54. The van der Waals surface area contributed by atoms with E-state index >= 15 is 0 Å². The number of benzene rings is 4. The van der Waals surface area contributed by atoms with Gasteiger partial charge in [-0.05, 0) is 74.2 Å². The minimum Gasteiger partial charge on any atom is -0.352 e. The van der Waals surface area contributed by atoms with Crippen LogP contribution < -0.4 is 9.62 Å². The van der Waals surface area contributed by atoms with E-state index < -0.39 is 28.5 Å². The smallest absolute Gasteiger partial charge is 0.264 e. The molecule has 246 valence electrons. The maximum Gasteiger partial charge on any atom is 0.264 e. The van der Waals surface area contributed by atoms with E-state index in [-0.39, 0.29) is 29.8 Å². The Bertz CT molecular complexity index is 1740. The first-order chi connectivity index (χ1) is 22.6. The lowest BCUT2D eigenvalue weighted by Crippen LogP contribution is -2.55. The number of nitrogens with one attached hydrogen (secondary N) is 1. The van der Waals surface area contributed by atoms with Gasteiger partial charge < -0.3 is 10.2 Å². The topological polar surface area (TPSA) is 86.8 Å². The van der Waals surface area contributed by atoms with Crippen molar-refractivity contribution in [1.82, 2.24) is 10.2 Å². The van der Waals surface area contributed by atoms with E-state index in [0.717, 1.165) is 58.7 Å². The monoisotopic (exact) mass is 671 g/mol. The second-order valence-corrected chi connectivity index (χ2v) is 14.7.